The fourth-order valence-corrected chi connectivity index (χ4v) is 4.05. The van der Waals surface area contributed by atoms with Crippen LogP contribution in [0.1, 0.15) is 30.1 Å². The first-order chi connectivity index (χ1) is 9.76. The normalized spacial score (nSPS) is 23.8. The first-order valence-electron chi connectivity index (χ1n) is 6.81. The highest BCUT2D eigenvalue weighted by molar-refractivity contribution is 7.89. The number of carbonyl (C=O) groups is 1. The summed E-state index contributed by atoms with van der Waals surface area (Å²) in [4.78, 5) is 11.6. The summed E-state index contributed by atoms with van der Waals surface area (Å²) in [6, 6.07) is 5.80. The van der Waals surface area contributed by atoms with Gasteiger partial charge in [0.1, 0.15) is 0 Å². The number of piperidine rings is 1. The summed E-state index contributed by atoms with van der Waals surface area (Å²) >= 11 is 0. The van der Waals surface area contributed by atoms with Crippen molar-refractivity contribution in [3.05, 3.63) is 29.8 Å². The Labute approximate surface area is 124 Å². The first-order valence-corrected chi connectivity index (χ1v) is 8.25. The van der Waals surface area contributed by atoms with Gasteiger partial charge in [-0.2, -0.15) is 4.31 Å². The van der Waals surface area contributed by atoms with Gasteiger partial charge in [-0.25, -0.2) is 8.42 Å². The second-order valence-corrected chi connectivity index (χ2v) is 7.48. The van der Waals surface area contributed by atoms with Gasteiger partial charge in [0.25, 0.3) is 5.91 Å². The molecule has 0 radical (unpaired) electrons. The second-order valence-electron chi connectivity index (χ2n) is 5.54. The van der Waals surface area contributed by atoms with E-state index in [4.69, 9.17) is 0 Å². The lowest BCUT2D eigenvalue weighted by atomic mass is 9.97. The molecule has 21 heavy (non-hydrogen) atoms. The van der Waals surface area contributed by atoms with Crippen LogP contribution in [0.15, 0.2) is 29.2 Å². The fourth-order valence-electron chi connectivity index (χ4n) is 2.45. The number of aliphatic hydroxyl groups is 1. The van der Waals surface area contributed by atoms with E-state index in [1.807, 2.05) is 0 Å². The van der Waals surface area contributed by atoms with Crippen LogP contribution in [0.4, 0.5) is 0 Å². The molecule has 6 nitrogen and oxygen atoms in total. The van der Waals surface area contributed by atoms with E-state index in [-0.39, 0.29) is 17.3 Å². The largest absolute Gasteiger partial charge is 0.389 e. The van der Waals surface area contributed by atoms with Gasteiger partial charge in [-0.1, -0.05) is 0 Å². The van der Waals surface area contributed by atoms with Crippen molar-refractivity contribution in [3.8, 4) is 0 Å². The molecule has 0 aliphatic carbocycles. The average molecular weight is 312 g/mol. The molecule has 1 aliphatic rings. The van der Waals surface area contributed by atoms with Crippen molar-refractivity contribution in [2.75, 3.05) is 20.1 Å². The minimum atomic E-state index is -3.64. The van der Waals surface area contributed by atoms with Crippen molar-refractivity contribution in [3.63, 3.8) is 0 Å². The second kappa shape index (κ2) is 5.75. The summed E-state index contributed by atoms with van der Waals surface area (Å²) in [5.41, 5.74) is -0.588. The number of amides is 1. The van der Waals surface area contributed by atoms with E-state index < -0.39 is 15.6 Å². The zero-order chi connectivity index (χ0) is 15.7. The van der Waals surface area contributed by atoms with E-state index in [9.17, 15) is 18.3 Å². The molecule has 0 spiro atoms. The number of nitrogens with one attached hydrogen (secondary N) is 1. The molecule has 2 N–H and O–H groups in total. The topological polar surface area (TPSA) is 86.7 Å². The molecule has 1 heterocycles. The van der Waals surface area contributed by atoms with Crippen molar-refractivity contribution in [2.24, 2.45) is 0 Å². The number of carbonyl (C=O) groups excluding carboxylic acids is 1. The Kier molecular flexibility index (Phi) is 4.36. The molecule has 2 rings (SSSR count). The lowest BCUT2D eigenvalue weighted by Crippen LogP contribution is -2.48. The van der Waals surface area contributed by atoms with Gasteiger partial charge in [-0.05, 0) is 44.0 Å². The van der Waals surface area contributed by atoms with Gasteiger partial charge in [0, 0.05) is 25.7 Å². The van der Waals surface area contributed by atoms with Crippen LogP contribution >= 0.6 is 0 Å². The molecule has 1 aliphatic heterocycles. The standard InChI is InChI=1S/C14H20N2O4S/c1-14(18)8-3-9-16(10-14)21(19,20)12-6-4-11(5-7-12)13(17)15-2/h4-7,18H,3,8-10H2,1-2H3,(H,15,17). The predicted molar refractivity (Wildman–Crippen MR) is 78.4 cm³/mol. The Morgan fingerprint density at radius 2 is 1.95 bits per heavy atom. The summed E-state index contributed by atoms with van der Waals surface area (Å²) in [6.07, 6.45) is 1.22. The molecule has 1 unspecified atom stereocenters. The third kappa shape index (κ3) is 3.42. The highest BCUT2D eigenvalue weighted by atomic mass is 32.2. The molecule has 1 aromatic rings. The van der Waals surface area contributed by atoms with Crippen LogP contribution in [0.2, 0.25) is 0 Å². The van der Waals surface area contributed by atoms with E-state index in [1.54, 1.807) is 6.92 Å². The van der Waals surface area contributed by atoms with Crippen molar-refractivity contribution >= 4 is 15.9 Å². The monoisotopic (exact) mass is 312 g/mol. The van der Waals surface area contributed by atoms with Crippen LogP contribution in [0.3, 0.4) is 0 Å². The Balaban J connectivity index is 2.25. The van der Waals surface area contributed by atoms with Crippen LogP contribution < -0.4 is 5.32 Å². The molecule has 0 aromatic heterocycles. The molecule has 1 saturated heterocycles. The van der Waals surface area contributed by atoms with Gasteiger partial charge in [-0.3, -0.25) is 4.79 Å². The van der Waals surface area contributed by atoms with Crippen LogP contribution in [-0.4, -0.2) is 49.5 Å². The zero-order valence-electron chi connectivity index (χ0n) is 12.2. The summed E-state index contributed by atoms with van der Waals surface area (Å²) in [5, 5.41) is 12.5. The van der Waals surface area contributed by atoms with Gasteiger partial charge in [0.15, 0.2) is 0 Å². The maximum absolute atomic E-state index is 12.5. The van der Waals surface area contributed by atoms with Crippen LogP contribution in [0.25, 0.3) is 0 Å². The molecule has 116 valence electrons. The van der Waals surface area contributed by atoms with Crippen LogP contribution in [-0.2, 0) is 10.0 Å². The van der Waals surface area contributed by atoms with Gasteiger partial charge in [-0.15, -0.1) is 0 Å². The Hall–Kier alpha value is -1.44. The minimum Gasteiger partial charge on any atom is -0.389 e. The predicted octanol–water partition coefficient (Wildman–Crippen LogP) is 0.582. The van der Waals surface area contributed by atoms with Crippen molar-refractivity contribution in [2.45, 2.75) is 30.3 Å². The molecule has 1 atom stereocenters. The molecule has 1 fully saturated rings. The van der Waals surface area contributed by atoms with Gasteiger partial charge in [0.05, 0.1) is 10.5 Å². The lowest BCUT2D eigenvalue weighted by molar-refractivity contribution is 0.00940. The van der Waals surface area contributed by atoms with E-state index in [0.29, 0.717) is 24.9 Å². The Bertz CT molecular complexity index is 623. The summed E-state index contributed by atoms with van der Waals surface area (Å²) in [5.74, 6) is -0.264. The number of sulfonamides is 1. The van der Waals surface area contributed by atoms with E-state index in [1.165, 1.54) is 35.6 Å². The van der Waals surface area contributed by atoms with E-state index >= 15 is 0 Å². The van der Waals surface area contributed by atoms with Crippen LogP contribution in [0.5, 0.6) is 0 Å². The number of β-amino-alcohol motifs (C(OH)–C–C–N with tert-alkyl or cyclic N) is 1. The maximum atomic E-state index is 12.5. The van der Waals surface area contributed by atoms with Crippen molar-refractivity contribution in [1.82, 2.24) is 9.62 Å². The first kappa shape index (κ1) is 15.9. The average Bonchev–Trinajstić information content (AvgIpc) is 2.45. The number of nitrogens with zero attached hydrogens (tertiary/aromatic N) is 1. The Morgan fingerprint density at radius 1 is 1.33 bits per heavy atom. The Morgan fingerprint density at radius 3 is 2.48 bits per heavy atom. The van der Waals surface area contributed by atoms with Gasteiger partial charge in [0.2, 0.25) is 10.0 Å². The van der Waals surface area contributed by atoms with E-state index in [2.05, 4.69) is 5.32 Å². The summed E-state index contributed by atoms with van der Waals surface area (Å²) < 4.78 is 26.4. The van der Waals surface area contributed by atoms with Gasteiger partial charge >= 0.3 is 0 Å². The highest BCUT2D eigenvalue weighted by Gasteiger charge is 2.35. The van der Waals surface area contributed by atoms with Crippen LogP contribution in [0, 0.1) is 0 Å². The third-order valence-corrected chi connectivity index (χ3v) is 5.48. The molecular weight excluding hydrogens is 292 g/mol. The zero-order valence-corrected chi connectivity index (χ0v) is 13.0. The van der Waals surface area contributed by atoms with Crippen molar-refractivity contribution in [1.29, 1.82) is 0 Å². The molecule has 0 saturated carbocycles. The third-order valence-electron chi connectivity index (χ3n) is 3.62. The molecular formula is C14H20N2O4S. The smallest absolute Gasteiger partial charge is 0.251 e. The van der Waals surface area contributed by atoms with Gasteiger partial charge < -0.3 is 10.4 Å². The summed E-state index contributed by atoms with van der Waals surface area (Å²) in [7, 11) is -2.12. The highest BCUT2D eigenvalue weighted by Crippen LogP contribution is 2.26. The lowest BCUT2D eigenvalue weighted by Gasteiger charge is -2.35. The minimum absolute atomic E-state index is 0.0898. The van der Waals surface area contributed by atoms with E-state index in [0.717, 1.165) is 0 Å². The molecule has 7 heteroatoms. The van der Waals surface area contributed by atoms with Crippen molar-refractivity contribution < 1.29 is 18.3 Å². The number of hydrogen-bond donors (Lipinski definition) is 2. The molecule has 1 aromatic carbocycles. The summed E-state index contributed by atoms with van der Waals surface area (Å²) in [6.45, 7) is 2.13. The number of hydrogen-bond acceptors (Lipinski definition) is 4. The molecule has 1 amide bonds. The number of benzene rings is 1. The molecule has 0 bridgehead atoms. The SMILES string of the molecule is CNC(=O)c1ccc(S(=O)(=O)N2CCCC(C)(O)C2)cc1. The maximum Gasteiger partial charge on any atom is 0.251 e. The fraction of sp³-hybridized carbons (Fsp3) is 0.500. The quantitative estimate of drug-likeness (QED) is 0.855. The number of rotatable bonds is 3.